The maximum absolute atomic E-state index is 12.3. The third-order valence-corrected chi connectivity index (χ3v) is 4.63. The monoisotopic (exact) mass is 394 g/mol. The molecule has 2 aromatic rings. The first-order chi connectivity index (χ1) is 13.9. The Morgan fingerprint density at radius 3 is 2.17 bits per heavy atom. The molecule has 0 N–H and O–H groups in total. The molecule has 0 radical (unpaired) electrons. The Kier molecular flexibility index (Phi) is 5.97. The largest absolute Gasteiger partial charge is 0.493 e. The number of benzene rings is 2. The lowest BCUT2D eigenvalue weighted by Gasteiger charge is -2.28. The number of rotatable bonds is 6. The minimum atomic E-state index is -0.656. The molecule has 0 bridgehead atoms. The predicted molar refractivity (Wildman–Crippen MR) is 108 cm³/mol. The fourth-order valence-corrected chi connectivity index (χ4v) is 2.96. The molecule has 1 saturated heterocycles. The van der Waals surface area contributed by atoms with Crippen molar-refractivity contribution in [2.24, 2.45) is 0 Å². The zero-order chi connectivity index (χ0) is 21.0. The molecule has 29 heavy (non-hydrogen) atoms. The first-order valence-electron chi connectivity index (χ1n) is 9.09. The Labute approximate surface area is 169 Å². The second-order valence-electron chi connectivity index (χ2n) is 6.56. The standard InChI is InChI=1S/C22H22N2O5/c1-23-20(25)17(21(26)24(2)22(23)27)13-16-9-10-18(19(14-16)28-3)29-12-11-15-7-5-4-6-8-15/h4-10,13-14H,11-12H2,1-3H3. The Bertz CT molecular complexity index is 942. The van der Waals surface area contributed by atoms with E-state index in [4.69, 9.17) is 9.47 Å². The van der Waals surface area contributed by atoms with Gasteiger partial charge in [-0.3, -0.25) is 19.4 Å². The zero-order valence-electron chi connectivity index (χ0n) is 16.5. The number of ether oxygens (including phenoxy) is 2. The molecule has 1 fully saturated rings. The van der Waals surface area contributed by atoms with Crippen molar-refractivity contribution in [1.29, 1.82) is 0 Å². The van der Waals surface area contributed by atoms with Crippen LogP contribution in [0.2, 0.25) is 0 Å². The van der Waals surface area contributed by atoms with Crippen LogP contribution in [-0.2, 0) is 16.0 Å². The van der Waals surface area contributed by atoms with Gasteiger partial charge in [-0.2, -0.15) is 0 Å². The van der Waals surface area contributed by atoms with Crippen LogP contribution < -0.4 is 9.47 Å². The average molecular weight is 394 g/mol. The fraction of sp³-hybridized carbons (Fsp3) is 0.227. The Morgan fingerprint density at radius 2 is 1.55 bits per heavy atom. The van der Waals surface area contributed by atoms with E-state index in [9.17, 15) is 14.4 Å². The van der Waals surface area contributed by atoms with Gasteiger partial charge in [0.25, 0.3) is 11.8 Å². The van der Waals surface area contributed by atoms with Gasteiger partial charge in [0.1, 0.15) is 5.57 Å². The van der Waals surface area contributed by atoms with Crippen molar-refractivity contribution in [2.75, 3.05) is 27.8 Å². The normalized spacial score (nSPS) is 14.3. The van der Waals surface area contributed by atoms with Gasteiger partial charge in [-0.25, -0.2) is 4.79 Å². The van der Waals surface area contributed by atoms with Gasteiger partial charge in [-0.1, -0.05) is 36.4 Å². The van der Waals surface area contributed by atoms with Crippen molar-refractivity contribution in [3.63, 3.8) is 0 Å². The quantitative estimate of drug-likeness (QED) is 0.556. The third kappa shape index (κ3) is 4.29. The molecule has 3 rings (SSSR count). The minimum Gasteiger partial charge on any atom is -0.493 e. The minimum absolute atomic E-state index is 0.0885. The number of hydrogen-bond acceptors (Lipinski definition) is 5. The summed E-state index contributed by atoms with van der Waals surface area (Å²) in [6, 6.07) is 14.5. The van der Waals surface area contributed by atoms with E-state index in [-0.39, 0.29) is 5.57 Å². The van der Waals surface area contributed by atoms with Crippen molar-refractivity contribution in [2.45, 2.75) is 6.42 Å². The number of nitrogens with zero attached hydrogens (tertiary/aromatic N) is 2. The van der Waals surface area contributed by atoms with Gasteiger partial charge < -0.3 is 9.47 Å². The van der Waals surface area contributed by atoms with Crippen molar-refractivity contribution in [3.05, 3.63) is 65.2 Å². The number of imide groups is 2. The molecule has 0 saturated carbocycles. The molecule has 4 amide bonds. The zero-order valence-corrected chi connectivity index (χ0v) is 16.5. The van der Waals surface area contributed by atoms with Gasteiger partial charge in [0.15, 0.2) is 11.5 Å². The fourth-order valence-electron chi connectivity index (χ4n) is 2.96. The van der Waals surface area contributed by atoms with E-state index in [1.54, 1.807) is 18.2 Å². The van der Waals surface area contributed by atoms with Crippen LogP contribution in [0.25, 0.3) is 6.08 Å². The van der Waals surface area contributed by atoms with Crippen molar-refractivity contribution in [3.8, 4) is 11.5 Å². The number of urea groups is 1. The summed E-state index contributed by atoms with van der Waals surface area (Å²) in [4.78, 5) is 38.3. The van der Waals surface area contributed by atoms with E-state index in [2.05, 4.69) is 0 Å². The number of carbonyl (C=O) groups is 3. The average Bonchev–Trinajstić information content (AvgIpc) is 2.75. The van der Waals surface area contributed by atoms with Gasteiger partial charge in [-0.05, 0) is 29.3 Å². The highest BCUT2D eigenvalue weighted by Crippen LogP contribution is 2.30. The summed E-state index contributed by atoms with van der Waals surface area (Å²) in [5.41, 5.74) is 1.67. The van der Waals surface area contributed by atoms with E-state index in [1.807, 2.05) is 30.3 Å². The smallest absolute Gasteiger partial charge is 0.333 e. The van der Waals surface area contributed by atoms with Gasteiger partial charge in [0.05, 0.1) is 13.7 Å². The molecule has 2 aromatic carbocycles. The molecule has 0 atom stereocenters. The Morgan fingerprint density at radius 1 is 0.897 bits per heavy atom. The third-order valence-electron chi connectivity index (χ3n) is 4.63. The van der Waals surface area contributed by atoms with E-state index < -0.39 is 17.8 Å². The molecule has 150 valence electrons. The summed E-state index contributed by atoms with van der Waals surface area (Å²) in [6.45, 7) is 0.482. The van der Waals surface area contributed by atoms with E-state index in [0.29, 0.717) is 23.7 Å². The number of methoxy groups -OCH3 is 1. The summed E-state index contributed by atoms with van der Waals surface area (Å²) >= 11 is 0. The highest BCUT2D eigenvalue weighted by Gasteiger charge is 2.37. The van der Waals surface area contributed by atoms with Crippen LogP contribution in [0.15, 0.2) is 54.1 Å². The van der Waals surface area contributed by atoms with Crippen LogP contribution in [0.4, 0.5) is 4.79 Å². The van der Waals surface area contributed by atoms with Crippen LogP contribution in [0.5, 0.6) is 11.5 Å². The molecule has 0 aliphatic carbocycles. The highest BCUT2D eigenvalue weighted by atomic mass is 16.5. The molecule has 0 unspecified atom stereocenters. The summed E-state index contributed by atoms with van der Waals surface area (Å²) < 4.78 is 11.2. The number of likely N-dealkylation sites (N-methyl/N-ethyl adjacent to an activating group) is 2. The lowest BCUT2D eigenvalue weighted by atomic mass is 10.1. The van der Waals surface area contributed by atoms with Gasteiger partial charge in [-0.15, -0.1) is 0 Å². The summed E-state index contributed by atoms with van der Waals surface area (Å²) in [6.07, 6.45) is 2.20. The lowest BCUT2D eigenvalue weighted by molar-refractivity contribution is -0.134. The van der Waals surface area contributed by atoms with Crippen LogP contribution in [0.3, 0.4) is 0 Å². The number of barbiturate groups is 1. The van der Waals surface area contributed by atoms with E-state index in [0.717, 1.165) is 16.2 Å². The summed E-state index contributed by atoms with van der Waals surface area (Å²) in [5.74, 6) is -0.224. The molecular formula is C22H22N2O5. The van der Waals surface area contributed by atoms with Crippen LogP contribution in [0.1, 0.15) is 11.1 Å². The first-order valence-corrected chi connectivity index (χ1v) is 9.09. The van der Waals surface area contributed by atoms with E-state index >= 15 is 0 Å². The SMILES string of the molecule is COc1cc(C=C2C(=O)N(C)C(=O)N(C)C2=O)ccc1OCCc1ccccc1. The van der Waals surface area contributed by atoms with E-state index in [1.165, 1.54) is 32.8 Å². The number of amides is 4. The van der Waals surface area contributed by atoms with Crippen LogP contribution in [-0.4, -0.2) is 55.5 Å². The first kappa shape index (κ1) is 20.1. The molecule has 0 aromatic heterocycles. The molecule has 7 heteroatoms. The second kappa shape index (κ2) is 8.60. The van der Waals surface area contributed by atoms with Gasteiger partial charge in [0, 0.05) is 20.5 Å². The Balaban J connectivity index is 1.77. The van der Waals surface area contributed by atoms with Crippen molar-refractivity contribution >= 4 is 23.9 Å². The summed E-state index contributed by atoms with van der Waals surface area (Å²) in [5, 5.41) is 0. The highest BCUT2D eigenvalue weighted by molar-refractivity contribution is 6.30. The summed E-state index contributed by atoms with van der Waals surface area (Å²) in [7, 11) is 4.20. The lowest BCUT2D eigenvalue weighted by Crippen LogP contribution is -2.52. The maximum atomic E-state index is 12.3. The Hall–Kier alpha value is -3.61. The predicted octanol–water partition coefficient (Wildman–Crippen LogP) is 2.75. The number of carbonyl (C=O) groups excluding carboxylic acids is 3. The van der Waals surface area contributed by atoms with Crippen LogP contribution in [0, 0.1) is 0 Å². The van der Waals surface area contributed by atoms with Crippen LogP contribution >= 0.6 is 0 Å². The molecule has 1 aliphatic rings. The van der Waals surface area contributed by atoms with Crippen molar-refractivity contribution in [1.82, 2.24) is 9.80 Å². The number of hydrogen-bond donors (Lipinski definition) is 0. The molecule has 0 spiro atoms. The van der Waals surface area contributed by atoms with Crippen molar-refractivity contribution < 1.29 is 23.9 Å². The van der Waals surface area contributed by atoms with Gasteiger partial charge in [0.2, 0.25) is 0 Å². The molecular weight excluding hydrogens is 372 g/mol. The molecule has 1 heterocycles. The van der Waals surface area contributed by atoms with Gasteiger partial charge >= 0.3 is 6.03 Å². The topological polar surface area (TPSA) is 76.2 Å². The molecule has 7 nitrogen and oxygen atoms in total. The maximum Gasteiger partial charge on any atom is 0.333 e. The molecule has 1 aliphatic heterocycles. The second-order valence-corrected chi connectivity index (χ2v) is 6.56.